The molecule has 0 aliphatic rings. The van der Waals surface area contributed by atoms with Crippen molar-refractivity contribution in [2.24, 2.45) is 0 Å². The van der Waals surface area contributed by atoms with Crippen LogP contribution in [0.15, 0.2) is 42.5 Å². The van der Waals surface area contributed by atoms with Gasteiger partial charge in [0.15, 0.2) is 6.61 Å². The fourth-order valence-electron chi connectivity index (χ4n) is 2.29. The van der Waals surface area contributed by atoms with Crippen molar-refractivity contribution < 1.29 is 9.53 Å². The van der Waals surface area contributed by atoms with Gasteiger partial charge in [-0.15, -0.1) is 0 Å². The number of para-hydroxylation sites is 1. The Hall–Kier alpha value is -2.00. The van der Waals surface area contributed by atoms with Gasteiger partial charge in [-0.2, -0.15) is 0 Å². The maximum absolute atomic E-state index is 12.0. The number of halogens is 1. The van der Waals surface area contributed by atoms with Crippen LogP contribution in [-0.4, -0.2) is 12.5 Å². The third kappa shape index (κ3) is 4.25. The third-order valence-electron chi connectivity index (χ3n) is 3.47. The smallest absolute Gasteiger partial charge is 0.258 e. The number of aryl methyl sites for hydroxylation is 2. The summed E-state index contributed by atoms with van der Waals surface area (Å²) in [6.07, 6.45) is 0. The molecule has 1 atom stereocenters. The summed E-state index contributed by atoms with van der Waals surface area (Å²) in [6, 6.07) is 13.3. The van der Waals surface area contributed by atoms with Crippen LogP contribution in [-0.2, 0) is 4.79 Å². The molecule has 1 N–H and O–H groups in total. The minimum Gasteiger partial charge on any atom is -0.482 e. The van der Waals surface area contributed by atoms with Crippen LogP contribution in [0.1, 0.15) is 29.7 Å². The second kappa shape index (κ2) is 7.32. The van der Waals surface area contributed by atoms with Gasteiger partial charge in [-0.3, -0.25) is 4.79 Å². The Morgan fingerprint density at radius 2 is 1.95 bits per heavy atom. The quantitative estimate of drug-likeness (QED) is 0.897. The maximum Gasteiger partial charge on any atom is 0.258 e. The van der Waals surface area contributed by atoms with Crippen molar-refractivity contribution >= 4 is 17.5 Å². The number of carbonyl (C=O) groups is 1. The van der Waals surface area contributed by atoms with E-state index in [-0.39, 0.29) is 18.6 Å². The Morgan fingerprint density at radius 1 is 1.23 bits per heavy atom. The molecule has 0 fully saturated rings. The van der Waals surface area contributed by atoms with Gasteiger partial charge in [0.25, 0.3) is 5.91 Å². The molecule has 0 aromatic heterocycles. The molecule has 116 valence electrons. The van der Waals surface area contributed by atoms with Gasteiger partial charge in [-0.05, 0) is 44.0 Å². The number of amides is 1. The fourth-order valence-corrected chi connectivity index (χ4v) is 2.48. The lowest BCUT2D eigenvalue weighted by Gasteiger charge is -2.17. The van der Waals surface area contributed by atoms with Crippen molar-refractivity contribution in [3.05, 3.63) is 64.2 Å². The van der Waals surface area contributed by atoms with Crippen molar-refractivity contribution in [3.63, 3.8) is 0 Å². The summed E-state index contributed by atoms with van der Waals surface area (Å²) in [5.74, 6) is 0.340. The van der Waals surface area contributed by atoms with Gasteiger partial charge in [0.05, 0.1) is 11.1 Å². The zero-order chi connectivity index (χ0) is 16.1. The topological polar surface area (TPSA) is 38.3 Å². The van der Waals surface area contributed by atoms with E-state index < -0.39 is 0 Å². The lowest BCUT2D eigenvalue weighted by molar-refractivity contribution is -0.123. The van der Waals surface area contributed by atoms with Crippen molar-refractivity contribution in [1.29, 1.82) is 0 Å². The normalized spacial score (nSPS) is 11.8. The molecule has 2 aromatic carbocycles. The molecule has 22 heavy (non-hydrogen) atoms. The Labute approximate surface area is 136 Å². The summed E-state index contributed by atoms with van der Waals surface area (Å²) in [6.45, 7) is 5.99. The molecule has 2 rings (SSSR count). The van der Waals surface area contributed by atoms with Gasteiger partial charge < -0.3 is 10.1 Å². The SMILES string of the molecule is Cc1ccc(C)c([C@H](C)NC(=O)COc2ccccc2Cl)c1. The highest BCUT2D eigenvalue weighted by Gasteiger charge is 2.13. The van der Waals surface area contributed by atoms with Gasteiger partial charge in [-0.1, -0.05) is 47.5 Å². The average Bonchev–Trinajstić information content (AvgIpc) is 2.48. The van der Waals surface area contributed by atoms with E-state index in [1.54, 1.807) is 12.1 Å². The molecule has 2 aromatic rings. The molecular weight excluding hydrogens is 298 g/mol. The van der Waals surface area contributed by atoms with Crippen molar-refractivity contribution in [1.82, 2.24) is 5.32 Å². The van der Waals surface area contributed by atoms with Crippen LogP contribution in [0.3, 0.4) is 0 Å². The molecule has 0 aliphatic heterocycles. The van der Waals surface area contributed by atoms with E-state index in [9.17, 15) is 4.79 Å². The van der Waals surface area contributed by atoms with E-state index in [4.69, 9.17) is 16.3 Å². The Bertz CT molecular complexity index is 670. The van der Waals surface area contributed by atoms with Crippen molar-refractivity contribution in [3.8, 4) is 5.75 Å². The first-order valence-electron chi connectivity index (χ1n) is 7.21. The van der Waals surface area contributed by atoms with Gasteiger partial charge in [0, 0.05) is 0 Å². The summed E-state index contributed by atoms with van der Waals surface area (Å²) >= 11 is 5.99. The maximum atomic E-state index is 12.0. The molecule has 4 heteroatoms. The molecule has 0 saturated heterocycles. The first-order chi connectivity index (χ1) is 10.5. The van der Waals surface area contributed by atoms with Crippen LogP contribution in [0.2, 0.25) is 5.02 Å². The van der Waals surface area contributed by atoms with Crippen LogP contribution < -0.4 is 10.1 Å². The molecule has 0 heterocycles. The number of carbonyl (C=O) groups excluding carboxylic acids is 1. The van der Waals surface area contributed by atoms with E-state index in [1.807, 2.05) is 32.9 Å². The average molecular weight is 318 g/mol. The highest BCUT2D eigenvalue weighted by molar-refractivity contribution is 6.32. The predicted molar refractivity (Wildman–Crippen MR) is 89.4 cm³/mol. The van der Waals surface area contributed by atoms with E-state index in [1.165, 1.54) is 5.56 Å². The molecule has 0 saturated carbocycles. The van der Waals surface area contributed by atoms with Crippen LogP contribution in [0.5, 0.6) is 5.75 Å². The highest BCUT2D eigenvalue weighted by Crippen LogP contribution is 2.23. The van der Waals surface area contributed by atoms with Gasteiger partial charge >= 0.3 is 0 Å². The van der Waals surface area contributed by atoms with E-state index >= 15 is 0 Å². The first kappa shape index (κ1) is 16.4. The fraction of sp³-hybridized carbons (Fsp3) is 0.278. The highest BCUT2D eigenvalue weighted by atomic mass is 35.5. The summed E-state index contributed by atoms with van der Waals surface area (Å²) < 4.78 is 5.45. The number of nitrogens with one attached hydrogen (secondary N) is 1. The molecular formula is C18H20ClNO2. The zero-order valence-electron chi connectivity index (χ0n) is 13.0. The van der Waals surface area contributed by atoms with Crippen LogP contribution in [0.4, 0.5) is 0 Å². The summed E-state index contributed by atoms with van der Waals surface area (Å²) in [4.78, 5) is 12.0. The monoisotopic (exact) mass is 317 g/mol. The number of hydrogen-bond acceptors (Lipinski definition) is 2. The lowest BCUT2D eigenvalue weighted by atomic mass is 10.00. The second-order valence-electron chi connectivity index (χ2n) is 5.37. The van der Waals surface area contributed by atoms with E-state index in [2.05, 4.69) is 23.5 Å². The zero-order valence-corrected chi connectivity index (χ0v) is 13.8. The predicted octanol–water partition coefficient (Wildman–Crippen LogP) is 4.21. The number of rotatable bonds is 5. The van der Waals surface area contributed by atoms with E-state index in [0.29, 0.717) is 10.8 Å². The number of ether oxygens (including phenoxy) is 1. The Balaban J connectivity index is 1.94. The van der Waals surface area contributed by atoms with E-state index in [0.717, 1.165) is 11.1 Å². The molecule has 0 aliphatic carbocycles. The van der Waals surface area contributed by atoms with Crippen LogP contribution in [0.25, 0.3) is 0 Å². The number of benzene rings is 2. The molecule has 3 nitrogen and oxygen atoms in total. The molecule has 0 radical (unpaired) electrons. The van der Waals surface area contributed by atoms with Crippen molar-refractivity contribution in [2.75, 3.05) is 6.61 Å². The minimum absolute atomic E-state index is 0.0566. The first-order valence-corrected chi connectivity index (χ1v) is 7.59. The standard InChI is InChI=1S/C18H20ClNO2/c1-12-8-9-13(2)15(10-12)14(3)20-18(21)11-22-17-7-5-4-6-16(17)19/h4-10,14H,11H2,1-3H3,(H,20,21)/t14-/m0/s1. The Kier molecular flexibility index (Phi) is 5.45. The molecule has 0 spiro atoms. The Morgan fingerprint density at radius 3 is 2.68 bits per heavy atom. The minimum atomic E-state index is -0.173. The van der Waals surface area contributed by atoms with Crippen molar-refractivity contribution in [2.45, 2.75) is 26.8 Å². The van der Waals surface area contributed by atoms with Gasteiger partial charge in [0.2, 0.25) is 0 Å². The third-order valence-corrected chi connectivity index (χ3v) is 3.79. The molecule has 0 unspecified atom stereocenters. The number of hydrogen-bond donors (Lipinski definition) is 1. The summed E-state index contributed by atoms with van der Waals surface area (Å²) in [5.41, 5.74) is 3.45. The molecule has 1 amide bonds. The van der Waals surface area contributed by atoms with Crippen LogP contribution in [0, 0.1) is 13.8 Å². The molecule has 0 bridgehead atoms. The van der Waals surface area contributed by atoms with Gasteiger partial charge in [0.1, 0.15) is 5.75 Å². The summed E-state index contributed by atoms with van der Waals surface area (Å²) in [5, 5.41) is 3.44. The largest absolute Gasteiger partial charge is 0.482 e. The second-order valence-corrected chi connectivity index (χ2v) is 5.78. The summed E-state index contributed by atoms with van der Waals surface area (Å²) in [7, 11) is 0. The van der Waals surface area contributed by atoms with Crippen LogP contribution >= 0.6 is 11.6 Å². The van der Waals surface area contributed by atoms with Gasteiger partial charge in [-0.25, -0.2) is 0 Å². The lowest BCUT2D eigenvalue weighted by Crippen LogP contribution is -2.31.